The number of methoxy groups -OCH3 is 1. The zero-order valence-electron chi connectivity index (χ0n) is 39.3. The van der Waals surface area contributed by atoms with Crippen LogP contribution >= 0.6 is 0 Å². The molecule has 2 aliphatic carbocycles. The van der Waals surface area contributed by atoms with Crippen molar-refractivity contribution in [2.45, 2.75) is 140 Å². The van der Waals surface area contributed by atoms with E-state index in [1.54, 1.807) is 57.2 Å². The van der Waals surface area contributed by atoms with Crippen molar-refractivity contribution in [1.29, 1.82) is 0 Å². The molecule has 15 nitrogen and oxygen atoms in total. The molecule has 1 saturated heterocycles. The molecule has 7 unspecified atom stereocenters. The number of hydrogen-bond donors (Lipinski definition) is 3. The molecule has 2 aliphatic heterocycles. The van der Waals surface area contributed by atoms with Crippen molar-refractivity contribution in [3.05, 3.63) is 60.4 Å². The number of ether oxygens (including phenoxy) is 4. The molecule has 68 heavy (non-hydrogen) atoms. The van der Waals surface area contributed by atoms with Crippen molar-refractivity contribution in [1.82, 2.24) is 25.2 Å². The van der Waals surface area contributed by atoms with E-state index in [0.717, 1.165) is 4.90 Å². The zero-order chi connectivity index (χ0) is 49.7. The maximum absolute atomic E-state index is 15.4. The van der Waals surface area contributed by atoms with Gasteiger partial charge in [-0.3, -0.25) is 19.1 Å². The van der Waals surface area contributed by atoms with Gasteiger partial charge in [0.2, 0.25) is 33.3 Å². The smallest absolute Gasteiger partial charge is 0.427 e. The second kappa shape index (κ2) is 18.7. The van der Waals surface area contributed by atoms with Crippen LogP contribution in [0.25, 0.3) is 22.0 Å². The summed E-state index contributed by atoms with van der Waals surface area (Å²) in [5, 5.41) is 6.25. The van der Waals surface area contributed by atoms with Crippen LogP contribution in [0.3, 0.4) is 0 Å². The summed E-state index contributed by atoms with van der Waals surface area (Å²) in [4.78, 5) is 63.2. The van der Waals surface area contributed by atoms with Crippen LogP contribution in [0.5, 0.6) is 17.4 Å². The summed E-state index contributed by atoms with van der Waals surface area (Å²) in [6.45, 7) is 9.68. The molecule has 2 saturated carbocycles. The number of pyridine rings is 1. The lowest BCUT2D eigenvalue weighted by Gasteiger charge is -2.34. The molecule has 0 spiro atoms. The highest BCUT2D eigenvalue weighted by atomic mass is 32.2. The second-order valence-electron chi connectivity index (χ2n) is 19.7. The van der Waals surface area contributed by atoms with Gasteiger partial charge in [0.05, 0.1) is 30.2 Å². The molecular weight excluding hydrogens is 915 g/mol. The molecular formula is C48H59F4N5O10S. The number of carbonyl (C=O) groups is 4. The van der Waals surface area contributed by atoms with Crippen LogP contribution in [-0.4, -0.2) is 102 Å². The molecule has 0 bridgehead atoms. The Bertz CT molecular complexity index is 2600. The first-order chi connectivity index (χ1) is 31.8. The van der Waals surface area contributed by atoms with Crippen molar-refractivity contribution >= 4 is 44.6 Å². The van der Waals surface area contributed by atoms with Gasteiger partial charge in [-0.15, -0.1) is 0 Å². The Balaban J connectivity index is 1.27. The van der Waals surface area contributed by atoms with Crippen LogP contribution in [0.15, 0.2) is 54.6 Å². The Hall–Kier alpha value is -5.66. The van der Waals surface area contributed by atoms with E-state index in [-0.39, 0.29) is 43.0 Å². The number of rotatable bonds is 11. The van der Waals surface area contributed by atoms with Gasteiger partial charge in [-0.1, -0.05) is 26.0 Å². The number of fused-ring (bicyclic) bond motifs is 3. The normalized spacial score (nSPS) is 26.4. The van der Waals surface area contributed by atoms with Crippen LogP contribution in [0.1, 0.15) is 93.4 Å². The van der Waals surface area contributed by atoms with Gasteiger partial charge < -0.3 is 34.5 Å². The Morgan fingerprint density at radius 2 is 1.75 bits per heavy atom. The monoisotopic (exact) mass is 973 g/mol. The molecule has 0 radical (unpaired) electrons. The lowest BCUT2D eigenvalue weighted by molar-refractivity contribution is -0.244. The topological polar surface area (TPSA) is 192 Å². The van der Waals surface area contributed by atoms with Gasteiger partial charge in [0, 0.05) is 23.3 Å². The molecule has 370 valence electrons. The van der Waals surface area contributed by atoms with Crippen LogP contribution in [0.2, 0.25) is 0 Å². The third-order valence-corrected chi connectivity index (χ3v) is 15.6. The molecule has 2 aromatic carbocycles. The standard InChI is InChI=1S/C48H59F4N5O10S/c1-26(2)65-38-16-13-29(21-35(38)49)36-22-30-20-32(64-8)14-15-34(30)41(53-36)66-33-23-37-40(58)55-47(43(60)56-68(62,63)46(7)17-18-46)24-31(47)12-10-9-11-27(3)19-28(4)39(42(59)57(37)25-33)54-44(61)67-45(5,6)48(50,51)52/h10,12-16,20-22,26-28,31,33,37,39H,9,11,17-19,23-25H2,1-8H3,(H,54,61)(H,55,58)(H,56,60). The number of aromatic nitrogens is 1. The van der Waals surface area contributed by atoms with Crippen LogP contribution in [0, 0.1) is 23.6 Å². The number of halogens is 4. The van der Waals surface area contributed by atoms with Gasteiger partial charge in [0.1, 0.15) is 29.5 Å². The average molecular weight is 974 g/mol. The minimum atomic E-state index is -4.95. The largest absolute Gasteiger partial charge is 0.497 e. The highest BCUT2D eigenvalue weighted by Gasteiger charge is 2.63. The molecule has 3 aromatic rings. The van der Waals surface area contributed by atoms with E-state index in [1.807, 2.05) is 13.0 Å². The minimum absolute atomic E-state index is 0.0420. The van der Waals surface area contributed by atoms with Gasteiger partial charge in [0.25, 0.3) is 5.91 Å². The Labute approximate surface area is 393 Å². The Morgan fingerprint density at radius 1 is 1.03 bits per heavy atom. The summed E-state index contributed by atoms with van der Waals surface area (Å²) in [5.41, 5.74) is -3.98. The van der Waals surface area contributed by atoms with Crippen molar-refractivity contribution in [2.24, 2.45) is 17.8 Å². The summed E-state index contributed by atoms with van der Waals surface area (Å²) in [5.74, 6) is -4.04. The molecule has 7 atom stereocenters. The summed E-state index contributed by atoms with van der Waals surface area (Å²) in [7, 11) is -2.64. The summed E-state index contributed by atoms with van der Waals surface area (Å²) in [6, 6.07) is 8.27. The lowest BCUT2D eigenvalue weighted by Crippen LogP contribution is -2.59. The quantitative estimate of drug-likeness (QED) is 0.127. The fourth-order valence-electron chi connectivity index (χ4n) is 8.78. The minimum Gasteiger partial charge on any atom is -0.497 e. The number of amides is 4. The van der Waals surface area contributed by atoms with Gasteiger partial charge in [0.15, 0.2) is 11.6 Å². The Morgan fingerprint density at radius 3 is 2.40 bits per heavy atom. The molecule has 3 heterocycles. The van der Waals surface area contributed by atoms with E-state index in [4.69, 9.17) is 23.9 Å². The zero-order valence-corrected chi connectivity index (χ0v) is 40.1. The fourth-order valence-corrected chi connectivity index (χ4v) is 10.1. The molecule has 20 heteroatoms. The predicted molar refractivity (Wildman–Crippen MR) is 243 cm³/mol. The van der Waals surface area contributed by atoms with Crippen LogP contribution in [-0.2, 0) is 29.1 Å². The van der Waals surface area contributed by atoms with Crippen LogP contribution < -0.4 is 29.6 Å². The first-order valence-electron chi connectivity index (χ1n) is 22.8. The lowest BCUT2D eigenvalue weighted by atomic mass is 9.88. The number of nitrogens with zero attached hydrogens (tertiary/aromatic N) is 2. The number of alkyl carbamates (subject to hydrolysis) is 1. The van der Waals surface area contributed by atoms with Crippen molar-refractivity contribution in [2.75, 3.05) is 13.7 Å². The molecule has 7 rings (SSSR count). The highest BCUT2D eigenvalue weighted by molar-refractivity contribution is 7.91. The number of sulfonamides is 1. The van der Waals surface area contributed by atoms with Gasteiger partial charge >= 0.3 is 12.3 Å². The molecule has 4 amide bonds. The van der Waals surface area contributed by atoms with Gasteiger partial charge in [-0.05, 0) is 133 Å². The summed E-state index contributed by atoms with van der Waals surface area (Å²) in [6.07, 6.45) is -2.20. The second-order valence-corrected chi connectivity index (χ2v) is 21.9. The number of hydrogen-bond acceptors (Lipinski definition) is 11. The Kier molecular flexibility index (Phi) is 13.8. The van der Waals surface area contributed by atoms with E-state index in [0.29, 0.717) is 73.7 Å². The highest BCUT2D eigenvalue weighted by Crippen LogP contribution is 2.48. The molecule has 3 fully saturated rings. The number of nitrogens with one attached hydrogen (secondary N) is 3. The first kappa shape index (κ1) is 50.2. The van der Waals surface area contributed by atoms with Crippen LogP contribution in [0.4, 0.5) is 22.4 Å². The summed E-state index contributed by atoms with van der Waals surface area (Å²) < 4.78 is 107. The molecule has 4 aliphatic rings. The summed E-state index contributed by atoms with van der Waals surface area (Å²) >= 11 is 0. The predicted octanol–water partition coefficient (Wildman–Crippen LogP) is 7.51. The maximum Gasteiger partial charge on any atom is 0.427 e. The van der Waals surface area contributed by atoms with E-state index in [9.17, 15) is 36.0 Å². The SMILES string of the molecule is COc1ccc2c(OC3CC4C(=O)NC5(C(=O)NS(=O)(=O)C6(C)CC6)CC5C=CCCC(C)CC(C)C(NC(=O)OC(C)(C)C(F)(F)F)C(=O)N4C3)nc(-c3ccc(OC(C)C)c(F)c3)cc2c1. The van der Waals surface area contributed by atoms with Crippen molar-refractivity contribution in [3.63, 3.8) is 0 Å². The van der Waals surface area contributed by atoms with E-state index < -0.39 is 91.7 Å². The third-order valence-electron chi connectivity index (χ3n) is 13.4. The van der Waals surface area contributed by atoms with Crippen molar-refractivity contribution < 1.29 is 64.1 Å². The fraction of sp³-hybridized carbons (Fsp3) is 0.562. The van der Waals surface area contributed by atoms with Gasteiger partial charge in [-0.2, -0.15) is 13.2 Å². The molecule has 1 aromatic heterocycles. The van der Waals surface area contributed by atoms with Gasteiger partial charge in [-0.25, -0.2) is 22.6 Å². The van der Waals surface area contributed by atoms with Crippen molar-refractivity contribution in [3.8, 4) is 28.6 Å². The van der Waals surface area contributed by atoms with E-state index in [2.05, 4.69) is 15.4 Å². The number of carbonyl (C=O) groups excluding carboxylic acids is 4. The number of alkyl halides is 3. The van der Waals surface area contributed by atoms with E-state index >= 15 is 9.18 Å². The van der Waals surface area contributed by atoms with E-state index in [1.165, 1.54) is 26.2 Å². The molecule has 3 N–H and O–H groups in total. The number of allylic oxidation sites excluding steroid dienone is 1. The average Bonchev–Trinajstić information content (AvgIpc) is 4.13. The third kappa shape index (κ3) is 10.5. The first-order valence-corrected chi connectivity index (χ1v) is 24.3. The number of benzene rings is 2. The maximum atomic E-state index is 15.4.